The van der Waals surface area contributed by atoms with Gasteiger partial charge in [-0.15, -0.1) is 0 Å². The first-order chi connectivity index (χ1) is 17.3. The van der Waals surface area contributed by atoms with Crippen molar-refractivity contribution in [3.8, 4) is 17.2 Å². The Kier molecular flexibility index (Phi) is 8.77. The Hall–Kier alpha value is -4.25. The summed E-state index contributed by atoms with van der Waals surface area (Å²) in [6.07, 6.45) is 1.89. The highest BCUT2D eigenvalue weighted by Gasteiger charge is 2.07. The van der Waals surface area contributed by atoms with E-state index in [0.29, 0.717) is 36.8 Å². The van der Waals surface area contributed by atoms with Crippen molar-refractivity contribution in [3.05, 3.63) is 120 Å². The molecule has 0 atom stereocenters. The second-order valence-corrected chi connectivity index (χ2v) is 7.95. The first-order valence-electron chi connectivity index (χ1n) is 11.8. The number of hydrogen-bond donors (Lipinski definition) is 1. The van der Waals surface area contributed by atoms with Gasteiger partial charge in [0.2, 0.25) is 0 Å². The number of aryl methyl sites for hydroxylation is 1. The van der Waals surface area contributed by atoms with Crippen LogP contribution in [0.15, 0.2) is 109 Å². The fourth-order valence-corrected chi connectivity index (χ4v) is 3.52. The Morgan fingerprint density at radius 1 is 0.600 bits per heavy atom. The van der Waals surface area contributed by atoms with Crippen LogP contribution in [0.4, 0.5) is 5.69 Å². The second-order valence-electron chi connectivity index (χ2n) is 7.95. The predicted molar refractivity (Wildman–Crippen MR) is 139 cm³/mol. The maximum atomic E-state index is 12.7. The van der Waals surface area contributed by atoms with Gasteiger partial charge in [0, 0.05) is 17.3 Å². The molecule has 1 N–H and O–H groups in total. The van der Waals surface area contributed by atoms with E-state index in [2.05, 4.69) is 17.4 Å². The van der Waals surface area contributed by atoms with Crippen LogP contribution < -0.4 is 19.5 Å². The normalized spacial score (nSPS) is 10.4. The minimum atomic E-state index is -0.190. The Balaban J connectivity index is 1.20. The maximum absolute atomic E-state index is 12.7. The van der Waals surface area contributed by atoms with E-state index in [0.717, 1.165) is 24.3 Å². The number of amides is 1. The van der Waals surface area contributed by atoms with E-state index in [-0.39, 0.29) is 5.91 Å². The minimum Gasteiger partial charge on any atom is -0.494 e. The Morgan fingerprint density at radius 3 is 1.91 bits per heavy atom. The molecule has 0 fully saturated rings. The fourth-order valence-electron chi connectivity index (χ4n) is 3.52. The lowest BCUT2D eigenvalue weighted by Gasteiger charge is -2.10. The number of ether oxygens (including phenoxy) is 3. The molecule has 4 aromatic carbocycles. The molecule has 5 nitrogen and oxygen atoms in total. The van der Waals surface area contributed by atoms with Crippen LogP contribution in [0, 0.1) is 0 Å². The highest BCUT2D eigenvalue weighted by molar-refractivity contribution is 6.04. The number of carbonyl (C=O) groups excluding carboxylic acids is 1. The second kappa shape index (κ2) is 12.8. The molecule has 0 saturated carbocycles. The molecule has 1 amide bonds. The van der Waals surface area contributed by atoms with Crippen molar-refractivity contribution < 1.29 is 19.0 Å². The van der Waals surface area contributed by atoms with Crippen molar-refractivity contribution in [3.63, 3.8) is 0 Å². The van der Waals surface area contributed by atoms with Gasteiger partial charge in [0.25, 0.3) is 5.91 Å². The van der Waals surface area contributed by atoms with Gasteiger partial charge in [0.1, 0.15) is 30.5 Å². The van der Waals surface area contributed by atoms with Crippen molar-refractivity contribution in [2.24, 2.45) is 0 Å². The number of benzene rings is 4. The molecule has 5 heteroatoms. The minimum absolute atomic E-state index is 0.190. The maximum Gasteiger partial charge on any atom is 0.255 e. The summed E-state index contributed by atoms with van der Waals surface area (Å²) in [4.78, 5) is 12.7. The summed E-state index contributed by atoms with van der Waals surface area (Å²) >= 11 is 0. The molecule has 4 aromatic rings. The van der Waals surface area contributed by atoms with E-state index in [1.807, 2.05) is 72.8 Å². The SMILES string of the molecule is O=C(Nc1cccc(OCCCc2ccccc2)c1)c1ccc(OCCOc2ccccc2)cc1. The first-order valence-corrected chi connectivity index (χ1v) is 11.8. The third kappa shape index (κ3) is 7.93. The summed E-state index contributed by atoms with van der Waals surface area (Å²) in [5.41, 5.74) is 2.54. The molecular formula is C30H29NO4. The van der Waals surface area contributed by atoms with Gasteiger partial charge in [-0.25, -0.2) is 0 Å². The molecule has 35 heavy (non-hydrogen) atoms. The number of nitrogens with one attached hydrogen (secondary N) is 1. The predicted octanol–water partition coefficient (Wildman–Crippen LogP) is 6.41. The summed E-state index contributed by atoms with van der Waals surface area (Å²) in [5.74, 6) is 2.04. The van der Waals surface area contributed by atoms with Crippen LogP contribution >= 0.6 is 0 Å². The van der Waals surface area contributed by atoms with E-state index < -0.39 is 0 Å². The Labute approximate surface area is 206 Å². The van der Waals surface area contributed by atoms with Gasteiger partial charge >= 0.3 is 0 Å². The van der Waals surface area contributed by atoms with E-state index in [9.17, 15) is 4.79 Å². The highest BCUT2D eigenvalue weighted by Crippen LogP contribution is 2.20. The standard InChI is InChI=1S/C30H29NO4/c32-30(25-16-18-28(19-17-25)35-22-21-34-27-13-5-2-6-14-27)31-26-12-7-15-29(23-26)33-20-8-11-24-9-3-1-4-10-24/h1-7,9-10,12-19,23H,8,11,20-22H2,(H,31,32). The molecule has 0 aliphatic heterocycles. The molecule has 0 saturated heterocycles. The van der Waals surface area contributed by atoms with Gasteiger partial charge in [-0.3, -0.25) is 4.79 Å². The first kappa shape index (κ1) is 23.9. The lowest BCUT2D eigenvalue weighted by atomic mass is 10.1. The van der Waals surface area contributed by atoms with Crippen molar-refractivity contribution in [1.82, 2.24) is 0 Å². The van der Waals surface area contributed by atoms with Gasteiger partial charge in [-0.1, -0.05) is 54.6 Å². The molecule has 0 aliphatic rings. The molecular weight excluding hydrogens is 438 g/mol. The van der Waals surface area contributed by atoms with Gasteiger partial charge in [0.05, 0.1) is 6.61 Å². The lowest BCUT2D eigenvalue weighted by molar-refractivity contribution is 0.102. The molecule has 0 bridgehead atoms. The van der Waals surface area contributed by atoms with Crippen molar-refractivity contribution >= 4 is 11.6 Å². The highest BCUT2D eigenvalue weighted by atomic mass is 16.5. The average Bonchev–Trinajstić information content (AvgIpc) is 2.91. The molecule has 4 rings (SSSR count). The van der Waals surface area contributed by atoms with E-state index in [4.69, 9.17) is 14.2 Å². The number of rotatable bonds is 12. The zero-order chi connectivity index (χ0) is 24.1. The van der Waals surface area contributed by atoms with Crippen LogP contribution in [-0.2, 0) is 6.42 Å². The number of para-hydroxylation sites is 1. The smallest absolute Gasteiger partial charge is 0.255 e. The lowest BCUT2D eigenvalue weighted by Crippen LogP contribution is -2.12. The monoisotopic (exact) mass is 467 g/mol. The van der Waals surface area contributed by atoms with Crippen molar-refractivity contribution in [1.29, 1.82) is 0 Å². The molecule has 0 spiro atoms. The number of anilines is 1. The third-order valence-corrected chi connectivity index (χ3v) is 5.29. The molecule has 0 aromatic heterocycles. The summed E-state index contributed by atoms with van der Waals surface area (Å²) in [5, 5.41) is 2.93. The van der Waals surface area contributed by atoms with Gasteiger partial charge in [0.15, 0.2) is 0 Å². The molecule has 0 heterocycles. The zero-order valence-corrected chi connectivity index (χ0v) is 19.6. The van der Waals surface area contributed by atoms with Crippen LogP contribution in [0.3, 0.4) is 0 Å². The summed E-state index contributed by atoms with van der Waals surface area (Å²) in [7, 11) is 0. The van der Waals surface area contributed by atoms with Gasteiger partial charge in [-0.05, 0) is 66.9 Å². The van der Waals surface area contributed by atoms with E-state index in [1.54, 1.807) is 24.3 Å². The molecule has 0 unspecified atom stereocenters. The zero-order valence-electron chi connectivity index (χ0n) is 19.6. The Bertz CT molecular complexity index is 1180. The average molecular weight is 468 g/mol. The van der Waals surface area contributed by atoms with E-state index >= 15 is 0 Å². The summed E-state index contributed by atoms with van der Waals surface area (Å²) < 4.78 is 17.2. The third-order valence-electron chi connectivity index (χ3n) is 5.29. The van der Waals surface area contributed by atoms with Gasteiger partial charge < -0.3 is 19.5 Å². The van der Waals surface area contributed by atoms with Crippen LogP contribution in [0.1, 0.15) is 22.3 Å². The van der Waals surface area contributed by atoms with Crippen molar-refractivity contribution in [2.75, 3.05) is 25.1 Å². The van der Waals surface area contributed by atoms with Crippen LogP contribution in [0.5, 0.6) is 17.2 Å². The van der Waals surface area contributed by atoms with E-state index in [1.165, 1.54) is 5.56 Å². The molecule has 0 radical (unpaired) electrons. The molecule has 0 aliphatic carbocycles. The Morgan fingerprint density at radius 2 is 1.20 bits per heavy atom. The number of carbonyl (C=O) groups is 1. The van der Waals surface area contributed by atoms with Gasteiger partial charge in [-0.2, -0.15) is 0 Å². The van der Waals surface area contributed by atoms with Crippen LogP contribution in [-0.4, -0.2) is 25.7 Å². The summed E-state index contributed by atoms with van der Waals surface area (Å²) in [6, 6.07) is 34.5. The van der Waals surface area contributed by atoms with Crippen LogP contribution in [0.25, 0.3) is 0 Å². The van der Waals surface area contributed by atoms with Crippen LogP contribution in [0.2, 0.25) is 0 Å². The molecule has 178 valence electrons. The largest absolute Gasteiger partial charge is 0.494 e. The number of hydrogen-bond acceptors (Lipinski definition) is 4. The summed E-state index contributed by atoms with van der Waals surface area (Å²) in [6.45, 7) is 1.47. The quantitative estimate of drug-likeness (QED) is 0.245. The van der Waals surface area contributed by atoms with Crippen molar-refractivity contribution in [2.45, 2.75) is 12.8 Å². The topological polar surface area (TPSA) is 56.8 Å². The fraction of sp³-hybridized carbons (Fsp3) is 0.167.